The van der Waals surface area contributed by atoms with Gasteiger partial charge in [-0.1, -0.05) is 25.4 Å². The van der Waals surface area contributed by atoms with Crippen LogP contribution in [0.3, 0.4) is 0 Å². The lowest BCUT2D eigenvalue weighted by Crippen LogP contribution is -2.59. The first-order chi connectivity index (χ1) is 22.4. The van der Waals surface area contributed by atoms with Crippen molar-refractivity contribution in [3.05, 3.63) is 34.9 Å². The zero-order valence-corrected chi connectivity index (χ0v) is 31.3. The van der Waals surface area contributed by atoms with Crippen molar-refractivity contribution in [1.29, 1.82) is 0 Å². The van der Waals surface area contributed by atoms with E-state index in [-0.39, 0.29) is 36.4 Å². The molecule has 0 radical (unpaired) electrons. The smallest absolute Gasteiger partial charge is 0.319 e. The molecule has 0 aliphatic carbocycles. The lowest BCUT2D eigenvalue weighted by Gasteiger charge is -2.47. The Balaban J connectivity index is 1.95. The Hall–Kier alpha value is -2.12. The number of hydrogen-bond donors (Lipinski definition) is 1. The molecule has 2 fully saturated rings. The van der Waals surface area contributed by atoms with Gasteiger partial charge in [0.25, 0.3) is 5.91 Å². The monoisotopic (exact) mass is 695 g/mol. The molecule has 11 nitrogen and oxygen atoms in total. The number of Topliss-reactive ketones (excluding diaryl/α,β-unsaturated/α-hetero) is 1. The van der Waals surface area contributed by atoms with Crippen LogP contribution in [0.1, 0.15) is 71.2 Å². The molecule has 0 saturated carbocycles. The van der Waals surface area contributed by atoms with Crippen molar-refractivity contribution in [3.8, 4) is 0 Å². The van der Waals surface area contributed by atoms with Gasteiger partial charge in [0.2, 0.25) is 0 Å². The summed E-state index contributed by atoms with van der Waals surface area (Å²) in [5.41, 5.74) is -1.98. The first kappa shape index (κ1) is 40.3. The third-order valence-electron chi connectivity index (χ3n) is 9.93. The highest BCUT2D eigenvalue weighted by atomic mass is 35.5. The molecule has 0 unspecified atom stereocenters. The number of esters is 1. The number of nitrogens with zero attached hydrogens (tertiary/aromatic N) is 3. The molecule has 1 aromatic rings. The molecule has 2 aliphatic heterocycles. The van der Waals surface area contributed by atoms with E-state index >= 15 is 0 Å². The van der Waals surface area contributed by atoms with E-state index in [4.69, 9.17) is 30.5 Å². The highest BCUT2D eigenvalue weighted by Crippen LogP contribution is 2.38. The standard InChI is InChI=1S/C36H58ClN3O8/c1-23-21-36(6,45-10)31(48-33-29(41)28(38(7)8)20-24(2)47-33)25(3)30(42)35(4,5)34(44)46-19-11-16-40(18-17-39(9)22-23)32(43)26-12-14-27(37)15-13-26/h12-15,23-25,28-29,31,33,41H,11,16-22H2,1-10H3/t23-,24-,25+,28+,29-,31-,33+,36-/m1/s1. The van der Waals surface area contributed by atoms with E-state index in [9.17, 15) is 19.5 Å². The molecule has 3 rings (SSSR count). The van der Waals surface area contributed by atoms with E-state index in [1.165, 1.54) is 0 Å². The maximum absolute atomic E-state index is 14.2. The zero-order chi connectivity index (χ0) is 36.0. The SMILES string of the molecule is CO[C@]1(C)C[C@@H](C)CN(C)CCN(C(=O)c2ccc(Cl)cc2)CCCOC(=O)C(C)(C)C(=O)[C@H](C)[C@H]1O[C@@H]1O[C@H](C)C[C@H](N(C)C)[C@H]1O. The summed E-state index contributed by atoms with van der Waals surface area (Å²) in [4.78, 5) is 47.1. The molecule has 0 spiro atoms. The van der Waals surface area contributed by atoms with Gasteiger partial charge in [-0.15, -0.1) is 0 Å². The number of hydrogen-bond acceptors (Lipinski definition) is 10. The molecule has 48 heavy (non-hydrogen) atoms. The van der Waals surface area contributed by atoms with Crippen molar-refractivity contribution < 1.29 is 38.4 Å². The van der Waals surface area contributed by atoms with Crippen LogP contribution in [0, 0.1) is 17.3 Å². The van der Waals surface area contributed by atoms with Crippen molar-refractivity contribution in [2.24, 2.45) is 17.3 Å². The van der Waals surface area contributed by atoms with Crippen LogP contribution in [-0.2, 0) is 28.5 Å². The third-order valence-corrected chi connectivity index (χ3v) is 10.2. The molecule has 1 amide bonds. The van der Waals surface area contributed by atoms with Crippen LogP contribution >= 0.6 is 11.6 Å². The number of halogens is 1. The number of likely N-dealkylation sites (N-methyl/N-ethyl adjacent to an activating group) is 2. The quantitative estimate of drug-likeness (QED) is 0.356. The second-order valence-corrected chi connectivity index (χ2v) is 15.2. The van der Waals surface area contributed by atoms with Crippen LogP contribution in [0.15, 0.2) is 24.3 Å². The molecule has 0 aromatic heterocycles. The Labute approximate surface area is 292 Å². The molecular formula is C36H58ClN3O8. The fraction of sp³-hybridized carbons (Fsp3) is 0.750. The van der Waals surface area contributed by atoms with E-state index in [2.05, 4.69) is 11.8 Å². The second-order valence-electron chi connectivity index (χ2n) is 14.8. The van der Waals surface area contributed by atoms with Crippen LogP contribution in [-0.4, -0.2) is 135 Å². The number of aliphatic hydroxyl groups excluding tert-OH is 1. The van der Waals surface area contributed by atoms with Crippen LogP contribution in [0.25, 0.3) is 0 Å². The molecule has 2 saturated heterocycles. The Morgan fingerprint density at radius 3 is 2.31 bits per heavy atom. The average Bonchev–Trinajstić information content (AvgIpc) is 3.02. The van der Waals surface area contributed by atoms with Crippen LogP contribution in [0.2, 0.25) is 5.02 Å². The Bertz CT molecular complexity index is 1230. The summed E-state index contributed by atoms with van der Waals surface area (Å²) in [6.45, 7) is 13.0. The lowest BCUT2D eigenvalue weighted by molar-refractivity contribution is -0.295. The molecule has 1 N–H and O–H groups in total. The molecule has 12 heteroatoms. The minimum atomic E-state index is -1.50. The number of aliphatic hydroxyl groups is 1. The van der Waals surface area contributed by atoms with Crippen molar-refractivity contribution in [3.63, 3.8) is 0 Å². The number of benzene rings is 1. The Morgan fingerprint density at radius 1 is 1.06 bits per heavy atom. The number of ether oxygens (including phenoxy) is 4. The lowest BCUT2D eigenvalue weighted by atomic mass is 9.74. The Morgan fingerprint density at radius 2 is 1.71 bits per heavy atom. The van der Waals surface area contributed by atoms with Gasteiger partial charge >= 0.3 is 5.97 Å². The van der Waals surface area contributed by atoms with E-state index in [1.807, 2.05) is 39.9 Å². The number of rotatable bonds is 5. The first-order valence-electron chi connectivity index (χ1n) is 17.1. The zero-order valence-electron chi connectivity index (χ0n) is 30.5. The Kier molecular flexibility index (Phi) is 14.4. The van der Waals surface area contributed by atoms with Crippen LogP contribution in [0.4, 0.5) is 0 Å². The summed E-state index contributed by atoms with van der Waals surface area (Å²) in [5, 5.41) is 11.9. The van der Waals surface area contributed by atoms with Gasteiger partial charge in [-0.2, -0.15) is 0 Å². The van der Waals surface area contributed by atoms with Crippen LogP contribution in [0.5, 0.6) is 0 Å². The average molecular weight is 696 g/mol. The summed E-state index contributed by atoms with van der Waals surface area (Å²) in [5.74, 6) is -1.89. The molecule has 272 valence electrons. The van der Waals surface area contributed by atoms with E-state index in [0.29, 0.717) is 56.0 Å². The van der Waals surface area contributed by atoms with E-state index < -0.39 is 41.4 Å². The second kappa shape index (κ2) is 17.2. The number of carbonyl (C=O) groups excluding carboxylic acids is 3. The van der Waals surface area contributed by atoms with E-state index in [1.54, 1.807) is 57.0 Å². The fourth-order valence-corrected chi connectivity index (χ4v) is 7.20. The number of ketones is 1. The number of methoxy groups -OCH3 is 1. The fourth-order valence-electron chi connectivity index (χ4n) is 7.07. The highest BCUT2D eigenvalue weighted by molar-refractivity contribution is 6.30. The van der Waals surface area contributed by atoms with Crippen molar-refractivity contribution in [1.82, 2.24) is 14.7 Å². The molecule has 2 aliphatic rings. The van der Waals surface area contributed by atoms with Gasteiger partial charge in [-0.3, -0.25) is 14.4 Å². The summed E-state index contributed by atoms with van der Waals surface area (Å²) in [6, 6.07) is 6.58. The minimum Gasteiger partial charge on any atom is -0.465 e. The van der Waals surface area contributed by atoms with Gasteiger partial charge in [0.1, 0.15) is 11.5 Å². The van der Waals surface area contributed by atoms with Gasteiger partial charge in [0.15, 0.2) is 12.1 Å². The topological polar surface area (TPSA) is 118 Å². The van der Waals surface area contributed by atoms with Gasteiger partial charge in [-0.25, -0.2) is 0 Å². The van der Waals surface area contributed by atoms with Crippen molar-refractivity contribution in [2.45, 2.75) is 97.0 Å². The maximum atomic E-state index is 14.2. The predicted molar refractivity (Wildman–Crippen MR) is 185 cm³/mol. The predicted octanol–water partition coefficient (Wildman–Crippen LogP) is 4.13. The number of amides is 1. The van der Waals surface area contributed by atoms with Crippen LogP contribution < -0.4 is 0 Å². The summed E-state index contributed by atoms with van der Waals surface area (Å²) >= 11 is 6.05. The minimum absolute atomic E-state index is 0.0445. The van der Waals surface area contributed by atoms with Gasteiger partial charge in [-0.05, 0) is 98.3 Å². The van der Waals surface area contributed by atoms with Crippen molar-refractivity contribution >= 4 is 29.3 Å². The van der Waals surface area contributed by atoms with Gasteiger partial charge < -0.3 is 38.8 Å². The largest absolute Gasteiger partial charge is 0.465 e. The van der Waals surface area contributed by atoms with E-state index in [0.717, 1.165) is 0 Å². The molecular weight excluding hydrogens is 638 g/mol. The summed E-state index contributed by atoms with van der Waals surface area (Å²) in [7, 11) is 7.42. The highest BCUT2D eigenvalue weighted by Gasteiger charge is 2.51. The maximum Gasteiger partial charge on any atom is 0.319 e. The third kappa shape index (κ3) is 9.99. The first-order valence-corrected chi connectivity index (χ1v) is 17.4. The van der Waals surface area contributed by atoms with Crippen molar-refractivity contribution in [2.75, 3.05) is 61.0 Å². The number of cyclic esters (lactones) is 1. The summed E-state index contributed by atoms with van der Waals surface area (Å²) < 4.78 is 24.6. The number of carbonyl (C=O) groups is 3. The summed E-state index contributed by atoms with van der Waals surface area (Å²) in [6.07, 6.45) is -1.51. The molecule has 1 aromatic carbocycles. The molecule has 8 atom stereocenters. The van der Waals surface area contributed by atoms with Gasteiger partial charge in [0, 0.05) is 55.8 Å². The molecule has 0 bridgehead atoms. The van der Waals surface area contributed by atoms with Gasteiger partial charge in [0.05, 0.1) is 24.4 Å². The molecule has 2 heterocycles. The normalized spacial score (nSPS) is 33.7.